The van der Waals surface area contributed by atoms with E-state index in [0.29, 0.717) is 15.7 Å². The van der Waals surface area contributed by atoms with Crippen LogP contribution >= 0.6 is 15.9 Å². The molecule has 0 saturated carbocycles. The highest BCUT2D eigenvalue weighted by Crippen LogP contribution is 2.20. The third-order valence-electron chi connectivity index (χ3n) is 3.08. The molecule has 4 nitrogen and oxygen atoms in total. The number of hydrogen-bond donors (Lipinski definition) is 1. The summed E-state index contributed by atoms with van der Waals surface area (Å²) in [5, 5.41) is 2.60. The number of halogens is 2. The van der Waals surface area contributed by atoms with Crippen molar-refractivity contribution in [1.29, 1.82) is 0 Å². The molecular formula is C16H13BrFNO3. The Morgan fingerprint density at radius 1 is 1.18 bits per heavy atom. The first-order valence-electron chi connectivity index (χ1n) is 6.37. The van der Waals surface area contributed by atoms with Crippen molar-refractivity contribution < 1.29 is 18.7 Å². The zero-order valence-corrected chi connectivity index (χ0v) is 13.5. The SMILES string of the molecule is COC(=O)c1ccc(C)c(NC(=O)c2ccc(Br)cc2F)c1. The Morgan fingerprint density at radius 2 is 1.91 bits per heavy atom. The minimum absolute atomic E-state index is 0.0777. The second kappa shape index (κ2) is 6.70. The van der Waals surface area contributed by atoms with Gasteiger partial charge in [-0.1, -0.05) is 22.0 Å². The maximum absolute atomic E-state index is 13.8. The van der Waals surface area contributed by atoms with Crippen LogP contribution in [0.2, 0.25) is 0 Å². The Kier molecular flexibility index (Phi) is 4.92. The third kappa shape index (κ3) is 3.51. The molecule has 114 valence electrons. The third-order valence-corrected chi connectivity index (χ3v) is 3.58. The first kappa shape index (κ1) is 16.2. The number of carbonyl (C=O) groups is 2. The van der Waals surface area contributed by atoms with Gasteiger partial charge in [0.05, 0.1) is 18.2 Å². The smallest absolute Gasteiger partial charge is 0.337 e. The Balaban J connectivity index is 2.29. The molecule has 0 saturated heterocycles. The molecule has 0 radical (unpaired) electrons. The van der Waals surface area contributed by atoms with Gasteiger partial charge in [-0.15, -0.1) is 0 Å². The molecule has 0 unspecified atom stereocenters. The summed E-state index contributed by atoms with van der Waals surface area (Å²) >= 11 is 3.13. The quantitative estimate of drug-likeness (QED) is 0.838. The van der Waals surface area contributed by atoms with Gasteiger partial charge in [0.15, 0.2) is 0 Å². The number of esters is 1. The van der Waals surface area contributed by atoms with Gasteiger partial charge in [-0.2, -0.15) is 0 Å². The lowest BCUT2D eigenvalue weighted by Gasteiger charge is -2.10. The Labute approximate surface area is 135 Å². The Bertz CT molecular complexity index is 746. The fourth-order valence-corrected chi connectivity index (χ4v) is 2.20. The van der Waals surface area contributed by atoms with Crippen LogP contribution in [0.4, 0.5) is 10.1 Å². The molecule has 0 bridgehead atoms. The highest BCUT2D eigenvalue weighted by atomic mass is 79.9. The average molecular weight is 366 g/mol. The maximum Gasteiger partial charge on any atom is 0.337 e. The molecule has 0 aromatic heterocycles. The van der Waals surface area contributed by atoms with Crippen LogP contribution in [-0.4, -0.2) is 19.0 Å². The summed E-state index contributed by atoms with van der Waals surface area (Å²) < 4.78 is 19.0. The molecule has 0 atom stereocenters. The molecule has 0 fully saturated rings. The maximum atomic E-state index is 13.8. The van der Waals surface area contributed by atoms with Crippen molar-refractivity contribution in [3.8, 4) is 0 Å². The molecule has 2 aromatic rings. The minimum Gasteiger partial charge on any atom is -0.465 e. The minimum atomic E-state index is -0.631. The van der Waals surface area contributed by atoms with Gasteiger partial charge in [0, 0.05) is 10.2 Å². The number of amides is 1. The predicted molar refractivity (Wildman–Crippen MR) is 84.6 cm³/mol. The van der Waals surface area contributed by atoms with Gasteiger partial charge in [0.25, 0.3) is 5.91 Å². The molecule has 1 amide bonds. The van der Waals surface area contributed by atoms with E-state index in [0.717, 1.165) is 5.56 Å². The van der Waals surface area contributed by atoms with E-state index >= 15 is 0 Å². The van der Waals surface area contributed by atoms with Gasteiger partial charge in [0.1, 0.15) is 5.82 Å². The average Bonchev–Trinajstić information content (AvgIpc) is 2.48. The van der Waals surface area contributed by atoms with Gasteiger partial charge in [-0.25, -0.2) is 9.18 Å². The lowest BCUT2D eigenvalue weighted by atomic mass is 10.1. The van der Waals surface area contributed by atoms with Crippen molar-refractivity contribution in [1.82, 2.24) is 0 Å². The summed E-state index contributed by atoms with van der Waals surface area (Å²) in [6.07, 6.45) is 0. The Morgan fingerprint density at radius 3 is 2.55 bits per heavy atom. The lowest BCUT2D eigenvalue weighted by Crippen LogP contribution is -2.15. The molecule has 2 aromatic carbocycles. The van der Waals surface area contributed by atoms with Crippen molar-refractivity contribution in [2.45, 2.75) is 6.92 Å². The molecule has 0 aliphatic carbocycles. The molecule has 2 rings (SSSR count). The first-order valence-corrected chi connectivity index (χ1v) is 7.17. The second-order valence-electron chi connectivity index (χ2n) is 4.60. The lowest BCUT2D eigenvalue weighted by molar-refractivity contribution is 0.0600. The molecular weight excluding hydrogens is 353 g/mol. The van der Waals surface area contributed by atoms with E-state index < -0.39 is 17.7 Å². The summed E-state index contributed by atoms with van der Waals surface area (Å²) in [5.41, 5.74) is 1.40. The normalized spacial score (nSPS) is 10.2. The van der Waals surface area contributed by atoms with E-state index in [-0.39, 0.29) is 5.56 Å². The zero-order chi connectivity index (χ0) is 16.3. The number of ether oxygens (including phenoxy) is 1. The summed E-state index contributed by atoms with van der Waals surface area (Å²) in [6, 6.07) is 8.95. The molecule has 0 spiro atoms. The van der Waals surface area contributed by atoms with Crippen molar-refractivity contribution in [3.63, 3.8) is 0 Å². The van der Waals surface area contributed by atoms with Crippen LogP contribution in [0.15, 0.2) is 40.9 Å². The van der Waals surface area contributed by atoms with Crippen LogP contribution < -0.4 is 5.32 Å². The molecule has 6 heteroatoms. The first-order chi connectivity index (χ1) is 10.4. The number of rotatable bonds is 3. The van der Waals surface area contributed by atoms with E-state index in [9.17, 15) is 14.0 Å². The molecule has 0 aliphatic rings. The summed E-state index contributed by atoms with van der Waals surface area (Å²) in [5.74, 6) is -1.73. The number of benzene rings is 2. The zero-order valence-electron chi connectivity index (χ0n) is 11.9. The van der Waals surface area contributed by atoms with Crippen LogP contribution in [0, 0.1) is 12.7 Å². The molecule has 1 N–H and O–H groups in total. The molecule has 22 heavy (non-hydrogen) atoms. The van der Waals surface area contributed by atoms with Crippen LogP contribution in [0.1, 0.15) is 26.3 Å². The summed E-state index contributed by atoms with van der Waals surface area (Å²) in [4.78, 5) is 23.7. The highest BCUT2D eigenvalue weighted by Gasteiger charge is 2.14. The number of nitrogens with one attached hydrogen (secondary N) is 1. The van der Waals surface area contributed by atoms with Crippen LogP contribution in [0.5, 0.6) is 0 Å². The van der Waals surface area contributed by atoms with Crippen LogP contribution in [-0.2, 0) is 4.74 Å². The molecule has 0 heterocycles. The van der Waals surface area contributed by atoms with E-state index in [1.807, 2.05) is 0 Å². The fourth-order valence-electron chi connectivity index (χ4n) is 1.86. The number of anilines is 1. The van der Waals surface area contributed by atoms with E-state index in [4.69, 9.17) is 0 Å². The van der Waals surface area contributed by atoms with Crippen molar-refractivity contribution in [2.75, 3.05) is 12.4 Å². The largest absolute Gasteiger partial charge is 0.465 e. The fraction of sp³-hybridized carbons (Fsp3) is 0.125. The number of carbonyl (C=O) groups excluding carboxylic acids is 2. The Hall–Kier alpha value is -2.21. The second-order valence-corrected chi connectivity index (χ2v) is 5.52. The van der Waals surface area contributed by atoms with E-state index in [2.05, 4.69) is 26.0 Å². The molecule has 0 aliphatic heterocycles. The van der Waals surface area contributed by atoms with Gasteiger partial charge in [0.2, 0.25) is 0 Å². The predicted octanol–water partition coefficient (Wildman–Crippen LogP) is 3.94. The van der Waals surface area contributed by atoms with Gasteiger partial charge < -0.3 is 10.1 Å². The van der Waals surface area contributed by atoms with E-state index in [1.54, 1.807) is 25.1 Å². The topological polar surface area (TPSA) is 55.4 Å². The van der Waals surface area contributed by atoms with Crippen molar-refractivity contribution in [3.05, 3.63) is 63.4 Å². The highest BCUT2D eigenvalue weighted by molar-refractivity contribution is 9.10. The van der Waals surface area contributed by atoms with Gasteiger partial charge in [-0.05, 0) is 42.8 Å². The summed E-state index contributed by atoms with van der Waals surface area (Å²) in [6.45, 7) is 1.77. The monoisotopic (exact) mass is 365 g/mol. The van der Waals surface area contributed by atoms with Crippen LogP contribution in [0.25, 0.3) is 0 Å². The van der Waals surface area contributed by atoms with Crippen molar-refractivity contribution in [2.24, 2.45) is 0 Å². The number of aryl methyl sites for hydroxylation is 1. The standard InChI is InChI=1S/C16H13BrFNO3/c1-9-3-4-10(16(21)22-2)7-14(9)19-15(20)12-6-5-11(17)8-13(12)18/h3-8H,1-2H3,(H,19,20). The van der Waals surface area contributed by atoms with Crippen LogP contribution in [0.3, 0.4) is 0 Å². The number of methoxy groups -OCH3 is 1. The van der Waals surface area contributed by atoms with Crippen molar-refractivity contribution >= 4 is 33.5 Å². The van der Waals surface area contributed by atoms with E-state index in [1.165, 1.54) is 25.3 Å². The van der Waals surface area contributed by atoms with Gasteiger partial charge in [-0.3, -0.25) is 4.79 Å². The summed E-state index contributed by atoms with van der Waals surface area (Å²) in [7, 11) is 1.28. The number of hydrogen-bond acceptors (Lipinski definition) is 3. The van der Waals surface area contributed by atoms with Gasteiger partial charge >= 0.3 is 5.97 Å².